The Bertz CT molecular complexity index is 947. The standard InChI is InChI=1S/C28H36O5/c1-3-4-14-31-17-23(29)18-32-25-12-11-22(15-19(25)2)27-24-16-21(20-8-6-5-7-9-20)10-13-26(24)33-28(27)30/h10-13,15-16,20,23,27,29H,3-9,14,17-18H2,1-2H3. The molecule has 2 aromatic carbocycles. The van der Waals surface area contributed by atoms with E-state index in [0.29, 0.717) is 24.0 Å². The Morgan fingerprint density at radius 2 is 1.85 bits per heavy atom. The Morgan fingerprint density at radius 1 is 1.06 bits per heavy atom. The van der Waals surface area contributed by atoms with Crippen molar-refractivity contribution in [1.29, 1.82) is 0 Å². The van der Waals surface area contributed by atoms with Gasteiger partial charge in [-0.1, -0.05) is 56.9 Å². The molecule has 0 amide bonds. The zero-order valence-electron chi connectivity index (χ0n) is 19.8. The minimum Gasteiger partial charge on any atom is -0.491 e. The molecular weight excluding hydrogens is 416 g/mol. The number of hydrogen-bond donors (Lipinski definition) is 1. The number of rotatable bonds is 10. The van der Waals surface area contributed by atoms with Crippen LogP contribution in [-0.4, -0.2) is 37.0 Å². The van der Waals surface area contributed by atoms with Crippen molar-refractivity contribution in [3.63, 3.8) is 0 Å². The molecule has 33 heavy (non-hydrogen) atoms. The first kappa shape index (κ1) is 23.8. The Balaban J connectivity index is 1.44. The first-order chi connectivity index (χ1) is 16.1. The van der Waals surface area contributed by atoms with Crippen molar-refractivity contribution in [3.8, 4) is 11.5 Å². The van der Waals surface area contributed by atoms with Gasteiger partial charge in [-0.15, -0.1) is 0 Å². The molecule has 1 heterocycles. The molecule has 2 aromatic rings. The highest BCUT2D eigenvalue weighted by molar-refractivity contribution is 5.89. The molecule has 2 aliphatic rings. The van der Waals surface area contributed by atoms with Gasteiger partial charge in [-0.25, -0.2) is 0 Å². The van der Waals surface area contributed by atoms with Crippen LogP contribution in [-0.2, 0) is 9.53 Å². The first-order valence-electron chi connectivity index (χ1n) is 12.4. The molecule has 0 aromatic heterocycles. The number of esters is 1. The fraction of sp³-hybridized carbons (Fsp3) is 0.536. The molecule has 5 heteroatoms. The van der Waals surface area contributed by atoms with E-state index in [2.05, 4.69) is 19.1 Å². The minimum atomic E-state index is -0.671. The van der Waals surface area contributed by atoms with E-state index in [0.717, 1.165) is 29.5 Å². The summed E-state index contributed by atoms with van der Waals surface area (Å²) in [5.74, 6) is 1.32. The predicted octanol–water partition coefficient (Wildman–Crippen LogP) is 5.65. The number of benzene rings is 2. The molecule has 4 rings (SSSR count). The maximum atomic E-state index is 12.8. The van der Waals surface area contributed by atoms with Crippen molar-refractivity contribution in [1.82, 2.24) is 0 Å². The normalized spacial score (nSPS) is 19.2. The highest BCUT2D eigenvalue weighted by atomic mass is 16.5. The second kappa shape index (κ2) is 11.2. The van der Waals surface area contributed by atoms with Crippen molar-refractivity contribution < 1.29 is 24.1 Å². The summed E-state index contributed by atoms with van der Waals surface area (Å²) in [5, 5.41) is 10.1. The average Bonchev–Trinajstić information content (AvgIpc) is 3.16. The molecule has 1 saturated carbocycles. The van der Waals surface area contributed by atoms with Gasteiger partial charge in [0.1, 0.15) is 30.1 Å². The summed E-state index contributed by atoms with van der Waals surface area (Å²) in [6, 6.07) is 12.1. The molecule has 1 aliphatic carbocycles. The summed E-state index contributed by atoms with van der Waals surface area (Å²) in [5.41, 5.74) is 4.13. The van der Waals surface area contributed by atoms with Gasteiger partial charge in [-0.2, -0.15) is 0 Å². The lowest BCUT2D eigenvalue weighted by molar-refractivity contribution is -0.133. The van der Waals surface area contributed by atoms with Crippen LogP contribution >= 0.6 is 0 Å². The third-order valence-electron chi connectivity index (χ3n) is 6.78. The Labute approximate surface area is 197 Å². The van der Waals surface area contributed by atoms with Gasteiger partial charge in [0, 0.05) is 12.2 Å². The van der Waals surface area contributed by atoms with E-state index in [4.69, 9.17) is 14.2 Å². The van der Waals surface area contributed by atoms with Gasteiger partial charge in [0.25, 0.3) is 0 Å². The van der Waals surface area contributed by atoms with Crippen molar-refractivity contribution >= 4 is 5.97 Å². The van der Waals surface area contributed by atoms with Crippen LogP contribution in [0.5, 0.6) is 11.5 Å². The van der Waals surface area contributed by atoms with Crippen LogP contribution in [0.3, 0.4) is 0 Å². The maximum Gasteiger partial charge on any atom is 0.323 e. The Kier molecular flexibility index (Phi) is 8.05. The topological polar surface area (TPSA) is 65.0 Å². The lowest BCUT2D eigenvalue weighted by Gasteiger charge is -2.22. The van der Waals surface area contributed by atoms with Crippen LogP contribution in [0, 0.1) is 6.92 Å². The average molecular weight is 453 g/mol. The van der Waals surface area contributed by atoms with E-state index in [-0.39, 0.29) is 19.2 Å². The number of aliphatic hydroxyl groups is 1. The fourth-order valence-corrected chi connectivity index (χ4v) is 4.90. The maximum absolute atomic E-state index is 12.8. The number of ether oxygens (including phenoxy) is 3. The number of fused-ring (bicyclic) bond motifs is 1. The largest absolute Gasteiger partial charge is 0.491 e. The lowest BCUT2D eigenvalue weighted by Crippen LogP contribution is -2.24. The van der Waals surface area contributed by atoms with Crippen LogP contribution in [0.25, 0.3) is 0 Å². The second-order valence-electron chi connectivity index (χ2n) is 9.40. The van der Waals surface area contributed by atoms with Crippen LogP contribution < -0.4 is 9.47 Å². The summed E-state index contributed by atoms with van der Waals surface area (Å²) in [4.78, 5) is 12.8. The summed E-state index contributed by atoms with van der Waals surface area (Å²) < 4.78 is 16.9. The highest BCUT2D eigenvalue weighted by Crippen LogP contribution is 2.43. The summed E-state index contributed by atoms with van der Waals surface area (Å²) in [6.07, 6.45) is 7.71. The molecule has 1 aliphatic heterocycles. The van der Waals surface area contributed by atoms with Crippen molar-refractivity contribution in [2.45, 2.75) is 76.7 Å². The monoisotopic (exact) mass is 452 g/mol. The minimum absolute atomic E-state index is 0.172. The van der Waals surface area contributed by atoms with Gasteiger partial charge in [-0.05, 0) is 60.9 Å². The number of carbonyl (C=O) groups excluding carboxylic acids is 1. The molecule has 178 valence electrons. The molecule has 0 saturated heterocycles. The van der Waals surface area contributed by atoms with Crippen LogP contribution in [0.1, 0.15) is 86.0 Å². The van der Waals surface area contributed by atoms with E-state index in [1.807, 2.05) is 31.2 Å². The molecule has 2 unspecified atom stereocenters. The lowest BCUT2D eigenvalue weighted by atomic mass is 9.82. The Morgan fingerprint density at radius 3 is 2.61 bits per heavy atom. The van der Waals surface area contributed by atoms with E-state index in [1.54, 1.807) is 0 Å². The fourth-order valence-electron chi connectivity index (χ4n) is 4.90. The van der Waals surface area contributed by atoms with Gasteiger partial charge in [0.2, 0.25) is 0 Å². The smallest absolute Gasteiger partial charge is 0.323 e. The van der Waals surface area contributed by atoms with Crippen LogP contribution in [0.15, 0.2) is 36.4 Å². The number of aryl methyl sites for hydroxylation is 1. The summed E-state index contributed by atoms with van der Waals surface area (Å²) in [7, 11) is 0. The first-order valence-corrected chi connectivity index (χ1v) is 12.4. The third kappa shape index (κ3) is 5.77. The van der Waals surface area contributed by atoms with Crippen molar-refractivity contribution in [2.24, 2.45) is 0 Å². The predicted molar refractivity (Wildman–Crippen MR) is 128 cm³/mol. The van der Waals surface area contributed by atoms with Gasteiger partial charge in [-0.3, -0.25) is 4.79 Å². The number of unbranched alkanes of at least 4 members (excludes halogenated alkanes) is 1. The molecule has 0 radical (unpaired) electrons. The zero-order valence-corrected chi connectivity index (χ0v) is 19.8. The van der Waals surface area contributed by atoms with Gasteiger partial charge >= 0.3 is 5.97 Å². The number of hydrogen-bond acceptors (Lipinski definition) is 5. The van der Waals surface area contributed by atoms with Gasteiger partial charge in [0.05, 0.1) is 6.61 Å². The van der Waals surface area contributed by atoms with E-state index < -0.39 is 12.0 Å². The van der Waals surface area contributed by atoms with Crippen molar-refractivity contribution in [2.75, 3.05) is 19.8 Å². The molecule has 5 nitrogen and oxygen atoms in total. The Hall–Kier alpha value is -2.37. The van der Waals surface area contributed by atoms with E-state index in [9.17, 15) is 9.90 Å². The molecule has 2 atom stereocenters. The number of aliphatic hydroxyl groups excluding tert-OH is 1. The zero-order chi connectivity index (χ0) is 23.2. The van der Waals surface area contributed by atoms with E-state index in [1.165, 1.54) is 37.7 Å². The van der Waals surface area contributed by atoms with Crippen LogP contribution in [0.2, 0.25) is 0 Å². The third-order valence-corrected chi connectivity index (χ3v) is 6.78. The molecular formula is C28H36O5. The van der Waals surface area contributed by atoms with E-state index >= 15 is 0 Å². The molecule has 0 spiro atoms. The SMILES string of the molecule is CCCCOCC(O)COc1ccc(C2C(=O)Oc3ccc(C4CCCCC4)cc32)cc1C. The highest BCUT2D eigenvalue weighted by Gasteiger charge is 2.35. The van der Waals surface area contributed by atoms with Crippen molar-refractivity contribution in [3.05, 3.63) is 58.7 Å². The molecule has 1 fully saturated rings. The molecule has 1 N–H and O–H groups in total. The van der Waals surface area contributed by atoms with Crippen LogP contribution in [0.4, 0.5) is 0 Å². The van der Waals surface area contributed by atoms with Gasteiger partial charge in [0.15, 0.2) is 0 Å². The summed E-state index contributed by atoms with van der Waals surface area (Å²) >= 11 is 0. The second-order valence-corrected chi connectivity index (χ2v) is 9.40. The van der Waals surface area contributed by atoms with Gasteiger partial charge < -0.3 is 19.3 Å². The number of carbonyl (C=O) groups is 1. The molecule has 0 bridgehead atoms. The quantitative estimate of drug-likeness (QED) is 0.287. The summed E-state index contributed by atoms with van der Waals surface area (Å²) in [6.45, 7) is 5.16.